The molecule has 3 nitrogen and oxygen atoms in total. The molecule has 0 saturated heterocycles. The minimum Gasteiger partial charge on any atom is -0.311 e. The Morgan fingerprint density at radius 3 is 1.31 bits per heavy atom. The van der Waals surface area contributed by atoms with Crippen molar-refractivity contribution in [1.82, 2.24) is 0 Å². The van der Waals surface area contributed by atoms with Gasteiger partial charge in [0, 0.05) is 76.7 Å². The van der Waals surface area contributed by atoms with Crippen LogP contribution in [0.25, 0.3) is 11.1 Å². The maximum absolute atomic E-state index is 2.70. The second-order valence-corrected chi connectivity index (χ2v) is 27.1. The van der Waals surface area contributed by atoms with Crippen molar-refractivity contribution in [1.29, 1.82) is 0 Å². The molecule has 0 saturated carbocycles. The predicted octanol–water partition coefficient (Wildman–Crippen LogP) is 17.9. The number of fused-ring (bicyclic) bond motifs is 10. The Morgan fingerprint density at radius 1 is 0.275 bits per heavy atom. The number of nitrogens with zero attached hydrogens (tertiary/aromatic N) is 3. The maximum Gasteiger partial charge on any atom is 0.252 e. The first-order valence-corrected chi connectivity index (χ1v) is 29.6. The molecule has 2 aliphatic carbocycles. The van der Waals surface area contributed by atoms with Gasteiger partial charge >= 0.3 is 0 Å². The normalized spacial score (nSPS) is 17.7. The highest BCUT2D eigenvalue weighted by Gasteiger charge is 2.50. The molecule has 6 aliphatic rings. The summed E-state index contributed by atoms with van der Waals surface area (Å²) in [7, 11) is 0. The van der Waals surface area contributed by atoms with Crippen LogP contribution in [0, 0.1) is 0 Å². The molecule has 0 spiro atoms. The number of rotatable bonds is 3. The molecule has 0 unspecified atom stereocenters. The Morgan fingerprint density at radius 2 is 0.713 bits per heavy atom. The molecule has 0 amide bonds. The van der Waals surface area contributed by atoms with E-state index < -0.39 is 0 Å². The molecule has 0 aromatic heterocycles. The Kier molecular flexibility index (Phi) is 9.66. The lowest BCUT2D eigenvalue weighted by Gasteiger charge is -2.49. The Bertz CT molecular complexity index is 4340. The van der Waals surface area contributed by atoms with E-state index in [9.17, 15) is 0 Å². The molecule has 5 heteroatoms. The van der Waals surface area contributed by atoms with Crippen LogP contribution in [0.5, 0.6) is 0 Å². The average molecular weight is 1050 g/mol. The fraction of sp³-hybridized carbons (Fsp3) is 0.200. The molecule has 4 heterocycles. The van der Waals surface area contributed by atoms with Crippen LogP contribution in [0.3, 0.4) is 0 Å². The summed E-state index contributed by atoms with van der Waals surface area (Å²) in [6, 6.07) is 80.0. The van der Waals surface area contributed by atoms with Crippen LogP contribution < -0.4 is 31.1 Å². The minimum atomic E-state index is -0.271. The number of anilines is 9. The minimum absolute atomic E-state index is 0.0896. The summed E-state index contributed by atoms with van der Waals surface area (Å²) in [5, 5.41) is 0. The number of hydrogen-bond donors (Lipinski definition) is 0. The fourth-order valence-corrected chi connectivity index (χ4v) is 17.4. The van der Waals surface area contributed by atoms with Gasteiger partial charge in [-0.2, -0.15) is 0 Å². The lowest BCUT2D eigenvalue weighted by Crippen LogP contribution is -2.62. The quantitative estimate of drug-likeness (QED) is 0.163. The number of para-hydroxylation sites is 1. The van der Waals surface area contributed by atoms with Gasteiger partial charge in [-0.05, 0) is 150 Å². The van der Waals surface area contributed by atoms with Crippen LogP contribution in [0.1, 0.15) is 125 Å². The summed E-state index contributed by atoms with van der Waals surface area (Å²) in [5.74, 6) is 0. The maximum atomic E-state index is 2.70. The van der Waals surface area contributed by atoms with Crippen molar-refractivity contribution >= 4 is 86.0 Å². The molecule has 388 valence electrons. The van der Waals surface area contributed by atoms with Crippen LogP contribution in [0.2, 0.25) is 0 Å². The van der Waals surface area contributed by atoms with Gasteiger partial charge in [0.05, 0.1) is 11.4 Å². The largest absolute Gasteiger partial charge is 0.311 e. The van der Waals surface area contributed by atoms with E-state index in [2.05, 4.69) is 290 Å². The Balaban J connectivity index is 1.05. The summed E-state index contributed by atoms with van der Waals surface area (Å²) in [6.07, 6.45) is 0. The van der Waals surface area contributed by atoms with E-state index in [0.29, 0.717) is 0 Å². The SMILES string of the molecule is CC1(C)c2ccccc2C(C)(C)c2cc(N3c4cc5c(cc4B4c6ccc7cc6N(c6cccc8c6Sc6c(cccc6C8(C)C)N7c6ccccc6)c6cc(-c7ccccc7)cc3c64)C(C)(C)c3ccccc3C5(C)C)ccc21. The third kappa shape index (κ3) is 6.20. The van der Waals surface area contributed by atoms with Crippen molar-refractivity contribution in [3.05, 3.63) is 262 Å². The van der Waals surface area contributed by atoms with Crippen LogP contribution in [0.15, 0.2) is 216 Å². The first kappa shape index (κ1) is 48.0. The monoisotopic (exact) mass is 1050 g/mol. The number of hydrogen-bond acceptors (Lipinski definition) is 4. The van der Waals surface area contributed by atoms with Gasteiger partial charge in [-0.25, -0.2) is 0 Å². The zero-order chi connectivity index (χ0) is 54.6. The molecule has 0 radical (unpaired) electrons. The van der Waals surface area contributed by atoms with E-state index in [0.717, 1.165) is 11.4 Å². The van der Waals surface area contributed by atoms with Gasteiger partial charge in [0.1, 0.15) is 0 Å². The molecular formula is C75H64BN3S. The molecular weight excluding hydrogens is 986 g/mol. The average Bonchev–Trinajstić information content (AvgIpc) is 2.64. The number of benzene rings is 10. The van der Waals surface area contributed by atoms with Crippen LogP contribution in [-0.2, 0) is 27.1 Å². The second kappa shape index (κ2) is 16.1. The van der Waals surface area contributed by atoms with Crippen LogP contribution >= 0.6 is 11.8 Å². The molecule has 16 rings (SSSR count). The lowest BCUT2D eigenvalue weighted by atomic mass is 9.33. The fourth-order valence-electron chi connectivity index (χ4n) is 15.8. The van der Waals surface area contributed by atoms with Crippen molar-refractivity contribution in [3.8, 4) is 11.1 Å². The van der Waals surface area contributed by atoms with E-state index in [1.165, 1.54) is 133 Å². The van der Waals surface area contributed by atoms with Crippen molar-refractivity contribution in [2.45, 2.75) is 106 Å². The second-order valence-electron chi connectivity index (χ2n) is 26.1. The predicted molar refractivity (Wildman–Crippen MR) is 338 cm³/mol. The summed E-state index contributed by atoms with van der Waals surface area (Å²) < 4.78 is 0. The van der Waals surface area contributed by atoms with E-state index in [1.54, 1.807) is 0 Å². The summed E-state index contributed by atoms with van der Waals surface area (Å²) in [6.45, 7) is 24.3. The highest BCUT2D eigenvalue weighted by atomic mass is 32.2. The molecule has 4 aliphatic heterocycles. The van der Waals surface area contributed by atoms with Crippen molar-refractivity contribution in [2.75, 3.05) is 14.7 Å². The first-order valence-electron chi connectivity index (χ1n) is 28.8. The van der Waals surface area contributed by atoms with E-state index in [4.69, 9.17) is 0 Å². The third-order valence-corrected chi connectivity index (χ3v) is 21.4. The van der Waals surface area contributed by atoms with Gasteiger partial charge in [0.2, 0.25) is 0 Å². The highest BCUT2D eigenvalue weighted by Crippen LogP contribution is 2.61. The van der Waals surface area contributed by atoms with E-state index in [1.807, 2.05) is 11.8 Å². The van der Waals surface area contributed by atoms with E-state index >= 15 is 0 Å². The van der Waals surface area contributed by atoms with Gasteiger partial charge in [0.25, 0.3) is 6.71 Å². The molecule has 10 aromatic carbocycles. The zero-order valence-corrected chi connectivity index (χ0v) is 48.3. The Labute approximate surface area is 477 Å². The molecule has 10 aromatic rings. The highest BCUT2D eigenvalue weighted by molar-refractivity contribution is 7.99. The molecule has 0 N–H and O–H groups in total. The topological polar surface area (TPSA) is 9.72 Å². The molecule has 80 heavy (non-hydrogen) atoms. The summed E-state index contributed by atoms with van der Waals surface area (Å²) in [4.78, 5) is 10.5. The van der Waals surface area contributed by atoms with Gasteiger partial charge in [-0.3, -0.25) is 0 Å². The summed E-state index contributed by atoms with van der Waals surface area (Å²) in [5.41, 5.74) is 29.9. The molecule has 0 atom stereocenters. The lowest BCUT2D eigenvalue weighted by molar-refractivity contribution is 0.520. The van der Waals surface area contributed by atoms with Crippen LogP contribution in [0.4, 0.5) is 51.2 Å². The van der Waals surface area contributed by atoms with Gasteiger partial charge in [-0.1, -0.05) is 221 Å². The standard InChI is InChI=1S/C75H64BN3S/c1-71(2)50-27-17-18-28-51(50)72(3,4)57-41-48(35-37-54(57)71)78-65-44-59-58(73(5,6)52-29-19-20-30-53(52)74(59,7)8)43-61(65)76-60-38-36-49-42-64(60)79(67-40-46(39-66(78)68(67)76)45-23-13-11-14-24-45)63-34-22-32-56-70(63)80-69-55(75(56,9)10)31-21-33-62(69)77(49)47-25-15-12-16-26-47/h11-44H,1-10H3. The summed E-state index contributed by atoms with van der Waals surface area (Å²) >= 11 is 1.95. The molecule has 4 bridgehead atoms. The van der Waals surface area contributed by atoms with Crippen molar-refractivity contribution in [3.63, 3.8) is 0 Å². The Hall–Kier alpha value is -7.99. The first-order chi connectivity index (χ1) is 38.5. The van der Waals surface area contributed by atoms with Crippen LogP contribution in [-0.4, -0.2) is 6.71 Å². The van der Waals surface area contributed by atoms with E-state index in [-0.39, 0.29) is 33.8 Å². The van der Waals surface area contributed by atoms with Crippen molar-refractivity contribution in [2.24, 2.45) is 0 Å². The van der Waals surface area contributed by atoms with Gasteiger partial charge < -0.3 is 14.7 Å². The van der Waals surface area contributed by atoms with Gasteiger partial charge in [-0.15, -0.1) is 0 Å². The molecule has 0 fully saturated rings. The van der Waals surface area contributed by atoms with Gasteiger partial charge in [0.15, 0.2) is 0 Å². The van der Waals surface area contributed by atoms with Crippen molar-refractivity contribution < 1.29 is 0 Å². The smallest absolute Gasteiger partial charge is 0.252 e. The zero-order valence-electron chi connectivity index (χ0n) is 47.5. The third-order valence-electron chi connectivity index (χ3n) is 20.1.